The fraction of sp³-hybridized carbons (Fsp3) is 0.250. The molecule has 35 heavy (non-hydrogen) atoms. The molecule has 0 fully saturated rings. The van der Waals surface area contributed by atoms with E-state index in [0.29, 0.717) is 24.3 Å². The van der Waals surface area contributed by atoms with E-state index in [0.717, 1.165) is 44.0 Å². The summed E-state index contributed by atoms with van der Waals surface area (Å²) in [6.45, 7) is 0. The normalized spacial score (nSPS) is 19.0. The highest BCUT2D eigenvalue weighted by atomic mass is 79.9. The third-order valence-electron chi connectivity index (χ3n) is 6.69. The number of halogens is 1. The summed E-state index contributed by atoms with van der Waals surface area (Å²) in [5.74, 6) is 2.18. The molecule has 2 aliphatic rings. The number of ether oxygens (including phenoxy) is 3. The maximum atomic E-state index is 13.8. The van der Waals surface area contributed by atoms with Gasteiger partial charge in [0.1, 0.15) is 5.75 Å². The van der Waals surface area contributed by atoms with Crippen molar-refractivity contribution in [3.8, 4) is 17.2 Å². The van der Waals surface area contributed by atoms with Crippen LogP contribution in [0.3, 0.4) is 0 Å². The molecule has 3 aromatic rings. The molecule has 2 N–H and O–H groups in total. The van der Waals surface area contributed by atoms with Crippen molar-refractivity contribution in [2.75, 3.05) is 32.0 Å². The summed E-state index contributed by atoms with van der Waals surface area (Å²) in [6, 6.07) is 19.4. The average Bonchev–Trinajstić information content (AvgIpc) is 3.05. The first-order valence-corrected chi connectivity index (χ1v) is 12.3. The van der Waals surface area contributed by atoms with Crippen LogP contribution in [0.1, 0.15) is 35.9 Å². The Hall–Kier alpha value is -3.45. The molecular formula is C28H27BrN2O4. The lowest BCUT2D eigenvalue weighted by Gasteiger charge is -2.30. The Bertz CT molecular complexity index is 1320. The van der Waals surface area contributed by atoms with Gasteiger partial charge in [0.05, 0.1) is 38.7 Å². The highest BCUT2D eigenvalue weighted by Gasteiger charge is 2.37. The Balaban J connectivity index is 1.61. The fourth-order valence-corrected chi connectivity index (χ4v) is 5.38. The number of fused-ring (bicyclic) bond motifs is 1. The van der Waals surface area contributed by atoms with Gasteiger partial charge in [-0.15, -0.1) is 0 Å². The van der Waals surface area contributed by atoms with Gasteiger partial charge in [0.25, 0.3) is 0 Å². The summed E-state index contributed by atoms with van der Waals surface area (Å²) in [5.41, 5.74) is 5.50. The van der Waals surface area contributed by atoms with Crippen molar-refractivity contribution in [2.45, 2.75) is 24.8 Å². The van der Waals surface area contributed by atoms with Gasteiger partial charge in [-0.05, 0) is 60.4 Å². The van der Waals surface area contributed by atoms with Crippen LogP contribution in [0, 0.1) is 0 Å². The molecule has 1 heterocycles. The van der Waals surface area contributed by atoms with Crippen LogP contribution in [-0.4, -0.2) is 27.1 Å². The Kier molecular flexibility index (Phi) is 6.43. The molecule has 2 atom stereocenters. The number of rotatable bonds is 5. The number of allylic oxidation sites excluding steroid dienone is 1. The molecule has 0 saturated heterocycles. The van der Waals surface area contributed by atoms with E-state index in [1.54, 1.807) is 21.3 Å². The van der Waals surface area contributed by atoms with E-state index in [1.165, 1.54) is 0 Å². The third kappa shape index (κ3) is 4.36. The van der Waals surface area contributed by atoms with Crippen molar-refractivity contribution < 1.29 is 19.0 Å². The summed E-state index contributed by atoms with van der Waals surface area (Å²) in [4.78, 5) is 13.8. The number of hydrogen-bond donors (Lipinski definition) is 2. The molecule has 1 aliphatic carbocycles. The standard InChI is InChI=1S/C28H27BrN2O4/c1-33-24-11-9-18(29)15-19(24)28-27-22(30-20-6-4-5-7-21(20)31-28)12-17(13-23(27)32)16-8-10-25(34-2)26(14-16)35-3/h4-11,14-15,17,28,30-31H,12-13H2,1-3H3. The van der Waals surface area contributed by atoms with Gasteiger partial charge in [0, 0.05) is 27.7 Å². The fourth-order valence-electron chi connectivity index (χ4n) is 5.00. The summed E-state index contributed by atoms with van der Waals surface area (Å²) in [7, 11) is 4.90. The largest absolute Gasteiger partial charge is 0.496 e. The number of nitrogens with one attached hydrogen (secondary N) is 2. The SMILES string of the molecule is COc1ccc(C2CC(=O)C3=C(C2)Nc2ccccc2NC3c2cc(Br)ccc2OC)cc1OC. The van der Waals surface area contributed by atoms with Crippen LogP contribution in [0.5, 0.6) is 17.2 Å². The van der Waals surface area contributed by atoms with E-state index in [-0.39, 0.29) is 17.7 Å². The average molecular weight is 535 g/mol. The van der Waals surface area contributed by atoms with Gasteiger partial charge in [-0.3, -0.25) is 4.79 Å². The summed E-state index contributed by atoms with van der Waals surface area (Å²) in [6.07, 6.45) is 1.10. The molecule has 2 unspecified atom stereocenters. The van der Waals surface area contributed by atoms with E-state index in [1.807, 2.05) is 60.7 Å². The number of Topliss-reactive ketones (excluding diaryl/α,β-unsaturated/α-hetero) is 1. The minimum Gasteiger partial charge on any atom is -0.496 e. The molecule has 0 saturated carbocycles. The molecule has 0 radical (unpaired) electrons. The van der Waals surface area contributed by atoms with E-state index in [4.69, 9.17) is 14.2 Å². The number of hydrogen-bond acceptors (Lipinski definition) is 6. The molecule has 7 heteroatoms. The van der Waals surface area contributed by atoms with Crippen LogP contribution in [0.2, 0.25) is 0 Å². The van der Waals surface area contributed by atoms with Crippen LogP contribution in [0.25, 0.3) is 0 Å². The van der Waals surface area contributed by atoms with Gasteiger partial charge < -0.3 is 24.8 Å². The van der Waals surface area contributed by atoms with Gasteiger partial charge in [0.15, 0.2) is 17.3 Å². The molecule has 180 valence electrons. The Morgan fingerprint density at radius 3 is 2.29 bits per heavy atom. The van der Waals surface area contributed by atoms with E-state index in [2.05, 4.69) is 26.6 Å². The Morgan fingerprint density at radius 1 is 0.829 bits per heavy atom. The van der Waals surface area contributed by atoms with Crippen molar-refractivity contribution >= 4 is 33.1 Å². The van der Waals surface area contributed by atoms with Gasteiger partial charge >= 0.3 is 0 Å². The zero-order valence-electron chi connectivity index (χ0n) is 19.9. The van der Waals surface area contributed by atoms with Gasteiger partial charge in [-0.2, -0.15) is 0 Å². The van der Waals surface area contributed by atoms with E-state index < -0.39 is 0 Å². The number of para-hydroxylation sites is 2. The van der Waals surface area contributed by atoms with E-state index >= 15 is 0 Å². The summed E-state index contributed by atoms with van der Waals surface area (Å²) < 4.78 is 17.5. The second kappa shape index (κ2) is 9.66. The van der Waals surface area contributed by atoms with Crippen molar-refractivity contribution in [1.82, 2.24) is 0 Å². The number of ketones is 1. The van der Waals surface area contributed by atoms with Crippen LogP contribution in [0.15, 0.2) is 76.4 Å². The Labute approximate surface area is 213 Å². The van der Waals surface area contributed by atoms with Gasteiger partial charge in [-0.1, -0.05) is 34.1 Å². The maximum absolute atomic E-state index is 13.8. The minimum absolute atomic E-state index is 0.0175. The van der Waals surface area contributed by atoms with Gasteiger partial charge in [-0.25, -0.2) is 0 Å². The second-order valence-electron chi connectivity index (χ2n) is 8.67. The lowest BCUT2D eigenvalue weighted by molar-refractivity contribution is -0.116. The molecule has 5 rings (SSSR count). The monoisotopic (exact) mass is 534 g/mol. The highest BCUT2D eigenvalue weighted by molar-refractivity contribution is 9.10. The smallest absolute Gasteiger partial charge is 0.163 e. The predicted molar refractivity (Wildman–Crippen MR) is 141 cm³/mol. The first-order valence-electron chi connectivity index (χ1n) is 11.5. The number of anilines is 2. The highest BCUT2D eigenvalue weighted by Crippen LogP contribution is 2.46. The van der Waals surface area contributed by atoms with Crippen LogP contribution in [-0.2, 0) is 4.79 Å². The topological polar surface area (TPSA) is 68.8 Å². The van der Waals surface area contributed by atoms with Crippen LogP contribution >= 0.6 is 15.9 Å². The maximum Gasteiger partial charge on any atom is 0.163 e. The molecule has 0 bridgehead atoms. The first-order chi connectivity index (χ1) is 17.0. The van der Waals surface area contributed by atoms with Crippen molar-refractivity contribution in [2.24, 2.45) is 0 Å². The zero-order chi connectivity index (χ0) is 24.5. The predicted octanol–water partition coefficient (Wildman–Crippen LogP) is 6.45. The lowest BCUT2D eigenvalue weighted by atomic mass is 9.78. The van der Waals surface area contributed by atoms with Crippen molar-refractivity contribution in [3.05, 3.63) is 87.5 Å². The van der Waals surface area contributed by atoms with Crippen LogP contribution in [0.4, 0.5) is 11.4 Å². The van der Waals surface area contributed by atoms with Crippen molar-refractivity contribution in [1.29, 1.82) is 0 Å². The number of benzene rings is 3. The molecule has 6 nitrogen and oxygen atoms in total. The van der Waals surface area contributed by atoms with Crippen molar-refractivity contribution in [3.63, 3.8) is 0 Å². The first kappa shape index (κ1) is 23.3. The second-order valence-corrected chi connectivity index (χ2v) is 9.58. The third-order valence-corrected chi connectivity index (χ3v) is 7.18. The molecule has 0 aromatic heterocycles. The zero-order valence-corrected chi connectivity index (χ0v) is 21.4. The number of methoxy groups -OCH3 is 3. The molecular weight excluding hydrogens is 508 g/mol. The molecule has 1 aliphatic heterocycles. The Morgan fingerprint density at radius 2 is 1.54 bits per heavy atom. The number of carbonyl (C=O) groups excluding carboxylic acids is 1. The molecule has 0 amide bonds. The minimum atomic E-state index is -0.354. The molecule has 3 aromatic carbocycles. The van der Waals surface area contributed by atoms with Gasteiger partial charge in [0.2, 0.25) is 0 Å². The van der Waals surface area contributed by atoms with Crippen LogP contribution < -0.4 is 24.8 Å². The summed E-state index contributed by atoms with van der Waals surface area (Å²) in [5, 5.41) is 7.20. The quantitative estimate of drug-likeness (QED) is 0.391. The number of carbonyl (C=O) groups is 1. The summed E-state index contributed by atoms with van der Waals surface area (Å²) >= 11 is 3.59. The van der Waals surface area contributed by atoms with E-state index in [9.17, 15) is 4.79 Å². The molecule has 0 spiro atoms. The lowest BCUT2D eigenvalue weighted by Crippen LogP contribution is -2.27.